The zero-order chi connectivity index (χ0) is 31.5. The fourth-order valence-electron chi connectivity index (χ4n) is 4.15. The highest BCUT2D eigenvalue weighted by atomic mass is 35.5. The van der Waals surface area contributed by atoms with Gasteiger partial charge in [-0.25, -0.2) is 14.1 Å². The van der Waals surface area contributed by atoms with E-state index in [4.69, 9.17) is 32.6 Å². The molecule has 2 aliphatic heterocycles. The molecule has 1 unspecified atom stereocenters. The molecule has 0 radical (unpaired) electrons. The molecule has 2 amide bonds. The number of carboxylic acid groups (broad SMARTS) is 1. The van der Waals surface area contributed by atoms with E-state index in [0.29, 0.717) is 11.4 Å². The molecule has 0 aliphatic carbocycles. The molecule has 3 heterocycles. The Bertz CT molecular complexity index is 1560. The Hall–Kier alpha value is -4.04. The van der Waals surface area contributed by atoms with Gasteiger partial charge in [0, 0.05) is 12.1 Å². The van der Waals surface area contributed by atoms with Crippen molar-refractivity contribution in [3.63, 3.8) is 0 Å². The molecule has 0 bridgehead atoms. The zero-order valence-corrected chi connectivity index (χ0v) is 24.7. The first-order valence-corrected chi connectivity index (χ1v) is 15.1. The molecular weight excluding hydrogens is 632 g/mol. The van der Waals surface area contributed by atoms with Crippen LogP contribution >= 0.6 is 22.9 Å². The van der Waals surface area contributed by atoms with Gasteiger partial charge in [-0.3, -0.25) is 19.1 Å². The van der Waals surface area contributed by atoms with Gasteiger partial charge in [0.25, 0.3) is 17.9 Å². The number of thiazole rings is 1. The van der Waals surface area contributed by atoms with Crippen molar-refractivity contribution in [1.82, 2.24) is 19.9 Å². The number of ether oxygens (including phenoxy) is 1. The second kappa shape index (κ2) is 13.1. The van der Waals surface area contributed by atoms with Gasteiger partial charge in [0.2, 0.25) is 0 Å². The number of benzene rings is 1. The number of carboxylic acids is 1. The van der Waals surface area contributed by atoms with E-state index >= 15 is 0 Å². The van der Waals surface area contributed by atoms with Crippen molar-refractivity contribution in [2.75, 3.05) is 25.4 Å². The molecule has 2 fully saturated rings. The van der Waals surface area contributed by atoms with E-state index in [0.717, 1.165) is 30.8 Å². The molecule has 2 saturated heterocycles. The van der Waals surface area contributed by atoms with E-state index in [1.165, 1.54) is 6.92 Å². The number of β-lactam (4-membered cyclic amide) rings is 1. The number of aromatic nitrogens is 1. The molecule has 0 saturated carbocycles. The number of nitrogen functional groups attached to an aromatic ring is 1. The van der Waals surface area contributed by atoms with Crippen LogP contribution in [-0.2, 0) is 29.5 Å². The van der Waals surface area contributed by atoms with Crippen LogP contribution in [0.1, 0.15) is 24.6 Å². The monoisotopic (exact) mass is 658 g/mol. The van der Waals surface area contributed by atoms with E-state index in [1.807, 2.05) is 0 Å². The van der Waals surface area contributed by atoms with Gasteiger partial charge in [-0.05, 0) is 44.2 Å². The number of aliphatic carboxylic acids is 1. The Kier molecular flexibility index (Phi) is 9.70. The molecule has 1 aromatic carbocycles. The van der Waals surface area contributed by atoms with Crippen LogP contribution in [-0.4, -0.2) is 101 Å². The lowest BCUT2D eigenvalue weighted by Crippen LogP contribution is -2.71. The van der Waals surface area contributed by atoms with Gasteiger partial charge in [-0.2, -0.15) is 8.42 Å². The number of hydrogen-bond donors (Lipinski definition) is 6. The molecule has 20 heteroatoms. The number of carbonyl (C=O) groups is 3. The number of oxime groups is 1. The summed E-state index contributed by atoms with van der Waals surface area (Å²) in [5, 5.41) is 18.7. The van der Waals surface area contributed by atoms with Crippen molar-refractivity contribution in [2.24, 2.45) is 15.9 Å². The Morgan fingerprint density at radius 2 is 2.05 bits per heavy atom. The number of aliphatic imine (C=N–C) groups is 1. The summed E-state index contributed by atoms with van der Waals surface area (Å²) >= 11 is 6.91. The van der Waals surface area contributed by atoms with Crippen molar-refractivity contribution in [1.29, 1.82) is 0 Å². The van der Waals surface area contributed by atoms with Crippen LogP contribution in [0.15, 0.2) is 34.4 Å². The van der Waals surface area contributed by atoms with Crippen LogP contribution in [0.3, 0.4) is 0 Å². The molecule has 2 aliphatic rings. The Morgan fingerprint density at radius 1 is 1.35 bits per heavy atom. The van der Waals surface area contributed by atoms with Crippen molar-refractivity contribution in [3.8, 4) is 5.75 Å². The molecule has 4 rings (SSSR count). The van der Waals surface area contributed by atoms with Gasteiger partial charge in [-0.1, -0.05) is 28.1 Å². The number of halogens is 1. The summed E-state index contributed by atoms with van der Waals surface area (Å²) in [6, 6.07) is 4.04. The maximum atomic E-state index is 13.1. The Balaban J connectivity index is 1.46. The predicted octanol–water partition coefficient (Wildman–Crippen LogP) is -0.783. The lowest BCUT2D eigenvalue weighted by molar-refractivity contribution is -0.152. The van der Waals surface area contributed by atoms with Crippen molar-refractivity contribution in [3.05, 3.63) is 39.9 Å². The van der Waals surface area contributed by atoms with Gasteiger partial charge < -0.3 is 36.8 Å². The number of nitrogens with two attached hydrogens (primary N) is 2. The quantitative estimate of drug-likeness (QED) is 0.0538. The molecule has 1 aromatic heterocycles. The fraction of sp³-hybridized carbons (Fsp3) is 0.391. The van der Waals surface area contributed by atoms with Crippen LogP contribution in [0.2, 0.25) is 4.34 Å². The van der Waals surface area contributed by atoms with Gasteiger partial charge in [0.15, 0.2) is 10.8 Å². The maximum Gasteiger partial charge on any atom is 0.362 e. The van der Waals surface area contributed by atoms with E-state index in [2.05, 4.69) is 25.8 Å². The molecule has 8 N–H and O–H groups in total. The van der Waals surface area contributed by atoms with Gasteiger partial charge in [0.1, 0.15) is 34.3 Å². The number of anilines is 1. The van der Waals surface area contributed by atoms with E-state index in [-0.39, 0.29) is 31.3 Å². The number of nitrogens with one attached hydrogen (secondary N) is 2. The third-order valence-corrected chi connectivity index (χ3v) is 8.46. The summed E-state index contributed by atoms with van der Waals surface area (Å²) in [5.74, 6) is -3.07. The summed E-state index contributed by atoms with van der Waals surface area (Å²) in [6.45, 7) is 2.34. The molecule has 232 valence electrons. The molecule has 4 atom stereocenters. The van der Waals surface area contributed by atoms with E-state index < -0.39 is 58.6 Å². The highest BCUT2D eigenvalue weighted by molar-refractivity contribution is 7.84. The van der Waals surface area contributed by atoms with Crippen molar-refractivity contribution in [2.45, 2.75) is 37.6 Å². The van der Waals surface area contributed by atoms with Crippen LogP contribution in [0, 0.1) is 0 Å². The molecule has 2 aromatic rings. The number of carbonyl (C=O) groups excluding carboxylic acids is 2. The van der Waals surface area contributed by atoms with Gasteiger partial charge >= 0.3 is 16.3 Å². The zero-order valence-electron chi connectivity index (χ0n) is 22.3. The SMILES string of the molecule is C[C@H]1[C@H](NC(=O)/C(=N\OC(COc2ccc(C(N)=N[C@H]3CCNC3)cc2)C(=O)O)c2nc(N)sc2Cl)C(=O)N1S(=O)(=O)O. The molecule has 17 nitrogen and oxygen atoms in total. The third kappa shape index (κ3) is 7.49. The predicted molar refractivity (Wildman–Crippen MR) is 154 cm³/mol. The molecule has 43 heavy (non-hydrogen) atoms. The number of hydrogen-bond acceptors (Lipinski definition) is 13. The number of amides is 2. The van der Waals surface area contributed by atoms with Crippen molar-refractivity contribution >= 4 is 67.7 Å². The van der Waals surface area contributed by atoms with E-state index in [9.17, 15) is 32.5 Å². The number of rotatable bonds is 12. The lowest BCUT2D eigenvalue weighted by atomic mass is 10.0. The Morgan fingerprint density at radius 3 is 2.58 bits per heavy atom. The highest BCUT2D eigenvalue weighted by Gasteiger charge is 2.51. The number of amidine groups is 1. The minimum atomic E-state index is -4.85. The summed E-state index contributed by atoms with van der Waals surface area (Å²) in [4.78, 5) is 50.7. The Labute approximate surface area is 253 Å². The van der Waals surface area contributed by atoms with Crippen molar-refractivity contribution < 1.29 is 42.0 Å². The first-order chi connectivity index (χ1) is 20.3. The summed E-state index contributed by atoms with van der Waals surface area (Å²) < 4.78 is 37.5. The smallest absolute Gasteiger partial charge is 0.362 e. The highest BCUT2D eigenvalue weighted by Crippen LogP contribution is 2.28. The maximum absolute atomic E-state index is 13.1. The topological polar surface area (TPSA) is 261 Å². The number of nitrogens with zero attached hydrogens (tertiary/aromatic N) is 4. The summed E-state index contributed by atoms with van der Waals surface area (Å²) in [7, 11) is -4.85. The molecular formula is C23H27ClN8O9S2. The average Bonchev–Trinajstić information content (AvgIpc) is 3.57. The molecule has 0 spiro atoms. The van der Waals surface area contributed by atoms with Crippen LogP contribution in [0.25, 0.3) is 0 Å². The second-order valence-corrected chi connectivity index (χ2v) is 12.3. The fourth-order valence-corrected chi connectivity index (χ4v) is 5.96. The van der Waals surface area contributed by atoms with Crippen LogP contribution < -0.4 is 26.8 Å². The van der Waals surface area contributed by atoms with Gasteiger partial charge in [0.05, 0.1) is 12.1 Å². The van der Waals surface area contributed by atoms with Crippen LogP contribution in [0.4, 0.5) is 5.13 Å². The van der Waals surface area contributed by atoms with Gasteiger partial charge in [-0.15, -0.1) is 0 Å². The minimum Gasteiger partial charge on any atom is -0.489 e. The summed E-state index contributed by atoms with van der Waals surface area (Å²) in [6.07, 6.45) is -0.838. The second-order valence-electron chi connectivity index (χ2n) is 9.35. The first-order valence-electron chi connectivity index (χ1n) is 12.5. The first kappa shape index (κ1) is 31.9. The van der Waals surface area contributed by atoms with Crippen LogP contribution in [0.5, 0.6) is 5.75 Å². The normalized spacial score (nSPS) is 21.7. The third-order valence-electron chi connectivity index (χ3n) is 6.37. The lowest BCUT2D eigenvalue weighted by Gasteiger charge is -2.42. The minimum absolute atomic E-state index is 0.0571. The standard InChI is InChI=1S/C23H27ClN8O9S2/c1-10-15(21(34)32(10)43(37,38)39)29-20(33)17(16-18(24)42-23(26)30-16)31-41-14(22(35)36)9-40-13-4-2-11(3-5-13)19(25)28-12-6-7-27-8-12/h2-5,10,12,14-15,27H,6-9H2,1H3,(H2,25,28)(H2,26,30)(H,29,33)(H,35,36)(H,37,38,39)/b31-17-/t10-,12-,14?,15-/m0/s1. The van der Waals surface area contributed by atoms with E-state index in [1.54, 1.807) is 24.3 Å². The average molecular weight is 659 g/mol. The largest absolute Gasteiger partial charge is 0.489 e. The summed E-state index contributed by atoms with van der Waals surface area (Å²) in [5.41, 5.74) is 11.5.